The van der Waals surface area contributed by atoms with Gasteiger partial charge < -0.3 is 4.90 Å². The van der Waals surface area contributed by atoms with Crippen LogP contribution in [0.1, 0.15) is 60.3 Å². The molecule has 1 unspecified atom stereocenters. The van der Waals surface area contributed by atoms with E-state index in [1.165, 1.54) is 65.0 Å². The second-order valence-electron chi connectivity index (χ2n) is 9.54. The molecule has 2 heterocycles. The van der Waals surface area contributed by atoms with Gasteiger partial charge in [0.2, 0.25) is 0 Å². The van der Waals surface area contributed by atoms with E-state index >= 15 is 0 Å². The summed E-state index contributed by atoms with van der Waals surface area (Å²) in [4.78, 5) is 8.26. The largest absolute Gasteiger partial charge is 0.301 e. The van der Waals surface area contributed by atoms with Gasteiger partial charge in [-0.3, -0.25) is 9.80 Å². The van der Waals surface area contributed by atoms with Gasteiger partial charge in [0, 0.05) is 44.3 Å². The molecule has 0 N–H and O–H groups in total. The van der Waals surface area contributed by atoms with Crippen molar-refractivity contribution in [2.45, 2.75) is 78.4 Å². The molecule has 3 fully saturated rings. The summed E-state index contributed by atoms with van der Waals surface area (Å²) in [6, 6.07) is 2.38. The highest BCUT2D eigenvalue weighted by Crippen LogP contribution is 2.37. The molecule has 140 valence electrons. The van der Waals surface area contributed by atoms with E-state index in [-0.39, 0.29) is 0 Å². The smallest absolute Gasteiger partial charge is 0.0195 e. The summed E-state index contributed by atoms with van der Waals surface area (Å²) < 4.78 is 0. The van der Waals surface area contributed by atoms with Crippen molar-refractivity contribution in [2.24, 2.45) is 17.8 Å². The highest BCUT2D eigenvalue weighted by Gasteiger charge is 2.38. The summed E-state index contributed by atoms with van der Waals surface area (Å²) in [5.41, 5.74) is 0. The quantitative estimate of drug-likeness (QED) is 0.761. The van der Waals surface area contributed by atoms with Crippen LogP contribution in [0.2, 0.25) is 0 Å². The Balaban J connectivity index is 1.39. The van der Waals surface area contributed by atoms with Crippen LogP contribution in [0.15, 0.2) is 0 Å². The first-order chi connectivity index (χ1) is 11.4. The molecule has 0 radical (unpaired) electrons. The lowest BCUT2D eigenvalue weighted by Gasteiger charge is -2.50. The molecule has 2 aliphatic heterocycles. The third-order valence-corrected chi connectivity index (χ3v) is 7.28. The Morgan fingerprint density at radius 2 is 1.58 bits per heavy atom. The van der Waals surface area contributed by atoms with Crippen LogP contribution >= 0.6 is 0 Å². The van der Waals surface area contributed by atoms with Crippen LogP contribution in [0.3, 0.4) is 0 Å². The zero-order chi connectivity index (χ0) is 17.3. The lowest BCUT2D eigenvalue weighted by molar-refractivity contribution is -0.00996. The molecule has 0 amide bonds. The maximum absolute atomic E-state index is 2.81. The van der Waals surface area contributed by atoms with Crippen LogP contribution in [0.5, 0.6) is 0 Å². The number of hydrogen-bond acceptors (Lipinski definition) is 3. The van der Waals surface area contributed by atoms with Gasteiger partial charge in [-0.25, -0.2) is 0 Å². The van der Waals surface area contributed by atoms with Crippen LogP contribution in [0.4, 0.5) is 0 Å². The number of piperidine rings is 1. The second kappa shape index (κ2) is 8.05. The third-order valence-electron chi connectivity index (χ3n) is 7.28. The maximum atomic E-state index is 2.81. The fourth-order valence-corrected chi connectivity index (χ4v) is 5.08. The van der Waals surface area contributed by atoms with Crippen molar-refractivity contribution in [3.63, 3.8) is 0 Å². The molecule has 1 aliphatic carbocycles. The molecule has 3 aliphatic rings. The van der Waals surface area contributed by atoms with Crippen LogP contribution in [-0.4, -0.2) is 72.1 Å². The van der Waals surface area contributed by atoms with Crippen molar-refractivity contribution in [1.29, 1.82) is 0 Å². The molecule has 0 spiro atoms. The van der Waals surface area contributed by atoms with Crippen molar-refractivity contribution < 1.29 is 0 Å². The Labute approximate surface area is 150 Å². The lowest BCUT2D eigenvalue weighted by Crippen LogP contribution is -2.58. The molecule has 3 nitrogen and oxygen atoms in total. The highest BCUT2D eigenvalue weighted by atomic mass is 15.3. The van der Waals surface area contributed by atoms with E-state index in [0.29, 0.717) is 0 Å². The first kappa shape index (κ1) is 18.7. The second-order valence-corrected chi connectivity index (χ2v) is 9.54. The van der Waals surface area contributed by atoms with Crippen LogP contribution < -0.4 is 0 Å². The summed E-state index contributed by atoms with van der Waals surface area (Å²) in [5, 5.41) is 0. The number of piperazine rings is 1. The van der Waals surface area contributed by atoms with Crippen molar-refractivity contribution in [3.8, 4) is 0 Å². The average Bonchev–Trinajstić information content (AvgIpc) is 2.48. The Hall–Kier alpha value is -0.120. The van der Waals surface area contributed by atoms with Gasteiger partial charge in [-0.15, -0.1) is 0 Å². The van der Waals surface area contributed by atoms with Gasteiger partial charge in [0.15, 0.2) is 0 Å². The molecular weight excluding hydrogens is 294 g/mol. The van der Waals surface area contributed by atoms with Crippen LogP contribution in [-0.2, 0) is 0 Å². The normalized spacial score (nSPS) is 34.9. The standard InChI is InChI=1S/C21H41N3/c1-16(2)20-12-21(13-20)24-11-10-23(18(5)14-24)15-19-6-8-22(9-7-19)17(3)4/h16-21H,6-15H2,1-5H3. The molecule has 1 saturated carbocycles. The Morgan fingerprint density at radius 3 is 2.12 bits per heavy atom. The minimum atomic E-state index is 0.727. The lowest BCUT2D eigenvalue weighted by atomic mass is 9.73. The zero-order valence-electron chi connectivity index (χ0n) is 16.9. The van der Waals surface area contributed by atoms with Gasteiger partial charge in [0.05, 0.1) is 0 Å². The van der Waals surface area contributed by atoms with Gasteiger partial charge in [0.25, 0.3) is 0 Å². The van der Waals surface area contributed by atoms with E-state index in [1.54, 1.807) is 0 Å². The maximum Gasteiger partial charge on any atom is 0.0195 e. The van der Waals surface area contributed by atoms with Crippen molar-refractivity contribution >= 4 is 0 Å². The van der Waals surface area contributed by atoms with E-state index in [2.05, 4.69) is 49.3 Å². The molecule has 24 heavy (non-hydrogen) atoms. The minimum absolute atomic E-state index is 0.727. The topological polar surface area (TPSA) is 9.72 Å². The van der Waals surface area contributed by atoms with E-state index < -0.39 is 0 Å². The third kappa shape index (κ3) is 4.34. The molecular formula is C21H41N3. The van der Waals surface area contributed by atoms with Crippen molar-refractivity contribution in [1.82, 2.24) is 14.7 Å². The Bertz CT molecular complexity index is 381. The summed E-state index contributed by atoms with van der Waals surface area (Å²) in [5.74, 6) is 2.81. The first-order valence-corrected chi connectivity index (χ1v) is 10.7. The number of nitrogens with zero attached hydrogens (tertiary/aromatic N) is 3. The summed E-state index contributed by atoms with van der Waals surface area (Å²) >= 11 is 0. The first-order valence-electron chi connectivity index (χ1n) is 10.7. The molecule has 0 aromatic rings. The molecule has 0 bridgehead atoms. The predicted molar refractivity (Wildman–Crippen MR) is 103 cm³/mol. The van der Waals surface area contributed by atoms with E-state index in [9.17, 15) is 0 Å². The molecule has 3 heteroatoms. The number of rotatable bonds is 5. The van der Waals surface area contributed by atoms with E-state index in [4.69, 9.17) is 0 Å². The van der Waals surface area contributed by atoms with Crippen molar-refractivity contribution in [2.75, 3.05) is 39.3 Å². The predicted octanol–water partition coefficient (Wildman–Crippen LogP) is 3.55. The van der Waals surface area contributed by atoms with Gasteiger partial charge in [-0.05, 0) is 77.3 Å². The molecule has 0 aromatic heterocycles. The van der Waals surface area contributed by atoms with Gasteiger partial charge in [-0.1, -0.05) is 13.8 Å². The average molecular weight is 336 g/mol. The molecule has 1 atom stereocenters. The SMILES string of the molecule is CC(C)C1CC(N2CCN(CC3CCN(C(C)C)CC3)C(C)C2)C1. The van der Waals surface area contributed by atoms with Gasteiger partial charge in [0.1, 0.15) is 0 Å². The zero-order valence-corrected chi connectivity index (χ0v) is 16.9. The summed E-state index contributed by atoms with van der Waals surface area (Å²) in [7, 11) is 0. The van der Waals surface area contributed by atoms with Crippen LogP contribution in [0, 0.1) is 17.8 Å². The summed E-state index contributed by atoms with van der Waals surface area (Å²) in [6.45, 7) is 19.8. The molecule has 3 rings (SSSR count). The fourth-order valence-electron chi connectivity index (χ4n) is 5.08. The van der Waals surface area contributed by atoms with Crippen LogP contribution in [0.25, 0.3) is 0 Å². The number of likely N-dealkylation sites (tertiary alicyclic amines) is 1. The van der Waals surface area contributed by atoms with Crippen molar-refractivity contribution in [3.05, 3.63) is 0 Å². The Kier molecular flexibility index (Phi) is 6.26. The molecule has 0 aromatic carbocycles. The highest BCUT2D eigenvalue weighted by molar-refractivity contribution is 4.92. The summed E-state index contributed by atoms with van der Waals surface area (Å²) in [6.07, 6.45) is 5.73. The monoisotopic (exact) mass is 335 g/mol. The van der Waals surface area contributed by atoms with Gasteiger partial charge in [-0.2, -0.15) is 0 Å². The van der Waals surface area contributed by atoms with E-state index in [1.807, 2.05) is 0 Å². The fraction of sp³-hybridized carbons (Fsp3) is 1.00. The molecule has 2 saturated heterocycles. The van der Waals surface area contributed by atoms with Gasteiger partial charge >= 0.3 is 0 Å². The Morgan fingerprint density at radius 1 is 0.917 bits per heavy atom. The van der Waals surface area contributed by atoms with E-state index in [0.717, 1.165) is 35.9 Å². The minimum Gasteiger partial charge on any atom is -0.301 e. The number of hydrogen-bond donors (Lipinski definition) is 0.